The number of carbonyl (C=O) groups excluding carboxylic acids is 1. The van der Waals surface area contributed by atoms with Gasteiger partial charge in [-0.1, -0.05) is 56.3 Å². The van der Waals surface area contributed by atoms with Crippen LogP contribution in [-0.4, -0.2) is 41.8 Å². The largest absolute Gasteiger partial charge is 0.489 e. The summed E-state index contributed by atoms with van der Waals surface area (Å²) in [7, 11) is 0. The lowest BCUT2D eigenvalue weighted by Gasteiger charge is -2.66. The van der Waals surface area contributed by atoms with E-state index in [9.17, 15) is 4.79 Å². The quantitative estimate of drug-likeness (QED) is 0.737. The fraction of sp³-hybridized carbons (Fsp3) is 0.480. The lowest BCUT2D eigenvalue weighted by atomic mass is 9.58. The minimum atomic E-state index is -0.165. The first-order chi connectivity index (χ1) is 14.1. The van der Waals surface area contributed by atoms with E-state index in [1.165, 1.54) is 11.1 Å². The van der Waals surface area contributed by atoms with Crippen molar-refractivity contribution in [2.45, 2.75) is 39.5 Å². The van der Waals surface area contributed by atoms with Crippen molar-refractivity contribution in [1.29, 1.82) is 0 Å². The molecule has 0 aliphatic carbocycles. The van der Waals surface area contributed by atoms with E-state index in [-0.39, 0.29) is 17.0 Å². The van der Waals surface area contributed by atoms with Crippen LogP contribution in [0.2, 0.25) is 0 Å². The first-order valence-corrected chi connectivity index (χ1v) is 10.9. The van der Waals surface area contributed by atoms with Crippen molar-refractivity contribution in [3.63, 3.8) is 0 Å². The van der Waals surface area contributed by atoms with Crippen LogP contribution < -0.4 is 4.74 Å². The van der Waals surface area contributed by atoms with Gasteiger partial charge in [0.05, 0.1) is 17.0 Å². The number of ketones is 1. The van der Waals surface area contributed by atoms with E-state index >= 15 is 0 Å². The predicted molar refractivity (Wildman–Crippen MR) is 114 cm³/mol. The van der Waals surface area contributed by atoms with E-state index in [0.29, 0.717) is 12.4 Å². The summed E-state index contributed by atoms with van der Waals surface area (Å²) in [5.74, 6) is 1.43. The van der Waals surface area contributed by atoms with Gasteiger partial charge in [-0.05, 0) is 36.1 Å². The zero-order chi connectivity index (χ0) is 20.1. The third kappa shape index (κ3) is 2.92. The molecule has 4 saturated heterocycles. The first kappa shape index (κ1) is 18.8. The van der Waals surface area contributed by atoms with E-state index in [2.05, 4.69) is 60.0 Å². The zero-order valence-electron chi connectivity index (χ0n) is 17.4. The topological polar surface area (TPSA) is 32.8 Å². The van der Waals surface area contributed by atoms with Crippen molar-refractivity contribution < 1.29 is 9.53 Å². The van der Waals surface area contributed by atoms with Gasteiger partial charge >= 0.3 is 0 Å². The third-order valence-electron chi connectivity index (χ3n) is 7.46. The maximum Gasteiger partial charge on any atom is 0.150 e. The Balaban J connectivity index is 1.34. The Morgan fingerprint density at radius 1 is 0.862 bits per heavy atom. The number of benzene rings is 2. The molecule has 0 amide bonds. The van der Waals surface area contributed by atoms with Gasteiger partial charge < -0.3 is 4.74 Å². The van der Waals surface area contributed by atoms with E-state index in [1.54, 1.807) is 0 Å². The highest BCUT2D eigenvalue weighted by atomic mass is 16.5. The van der Waals surface area contributed by atoms with Crippen LogP contribution in [0.3, 0.4) is 0 Å². The summed E-state index contributed by atoms with van der Waals surface area (Å²) in [6, 6.07) is 18.8. The molecule has 0 spiro atoms. The Morgan fingerprint density at radius 3 is 1.93 bits per heavy atom. The fourth-order valence-corrected chi connectivity index (χ4v) is 5.86. The first-order valence-electron chi connectivity index (χ1n) is 10.9. The average Bonchev–Trinajstić information content (AvgIpc) is 2.76. The molecule has 4 nitrogen and oxygen atoms in total. The Hall–Kier alpha value is -2.17. The molecule has 2 aromatic carbocycles. The standard InChI is InChI=1S/C25H30N2O2/c1-3-24-15-26-17-25(4-2,23(24)28)18-27(16-24)22(26)20-10-12-21(13-11-20)29-14-19-8-6-5-7-9-19/h5-13,22H,3-4,14-18H2,1-2H3. The highest BCUT2D eigenvalue weighted by molar-refractivity contribution is 5.93. The minimum absolute atomic E-state index is 0.165. The molecule has 0 unspecified atom stereocenters. The Kier molecular flexibility index (Phi) is 4.52. The number of nitrogens with zero attached hydrogens (tertiary/aromatic N) is 2. The molecule has 2 aromatic rings. The molecule has 152 valence electrons. The second-order valence-corrected chi connectivity index (χ2v) is 9.12. The molecule has 29 heavy (non-hydrogen) atoms. The second-order valence-electron chi connectivity index (χ2n) is 9.12. The average molecular weight is 391 g/mol. The molecule has 0 atom stereocenters. The second kappa shape index (κ2) is 6.96. The van der Waals surface area contributed by atoms with Gasteiger partial charge in [0.15, 0.2) is 0 Å². The van der Waals surface area contributed by atoms with Gasteiger partial charge in [-0.3, -0.25) is 14.6 Å². The van der Waals surface area contributed by atoms with Crippen LogP contribution in [0.25, 0.3) is 0 Å². The van der Waals surface area contributed by atoms with Crippen molar-refractivity contribution in [2.75, 3.05) is 26.2 Å². The Morgan fingerprint density at radius 2 is 1.41 bits per heavy atom. The van der Waals surface area contributed by atoms with E-state index in [1.807, 2.05) is 18.2 Å². The minimum Gasteiger partial charge on any atom is -0.489 e. The van der Waals surface area contributed by atoms with Gasteiger partial charge in [-0.25, -0.2) is 0 Å². The summed E-state index contributed by atoms with van der Waals surface area (Å²) in [6.45, 7) is 8.56. The molecule has 4 bridgehead atoms. The number of rotatable bonds is 6. The van der Waals surface area contributed by atoms with E-state index < -0.39 is 0 Å². The summed E-state index contributed by atoms with van der Waals surface area (Å²) in [5, 5.41) is 0. The maximum absolute atomic E-state index is 13.3. The molecule has 4 heterocycles. The number of ether oxygens (including phenoxy) is 1. The molecular weight excluding hydrogens is 360 g/mol. The molecular formula is C25H30N2O2. The number of hydrogen-bond donors (Lipinski definition) is 0. The highest BCUT2D eigenvalue weighted by Crippen LogP contribution is 2.54. The number of Topliss-reactive ketones (excluding diaryl/α,β-unsaturated/α-hetero) is 1. The molecule has 4 aliphatic heterocycles. The molecule has 0 radical (unpaired) electrons. The lowest BCUT2D eigenvalue weighted by Crippen LogP contribution is -2.76. The van der Waals surface area contributed by atoms with Gasteiger partial charge in [0.25, 0.3) is 0 Å². The fourth-order valence-electron chi connectivity index (χ4n) is 5.86. The lowest BCUT2D eigenvalue weighted by molar-refractivity contribution is -0.204. The third-order valence-corrected chi connectivity index (χ3v) is 7.46. The van der Waals surface area contributed by atoms with Crippen molar-refractivity contribution in [3.05, 3.63) is 65.7 Å². The van der Waals surface area contributed by atoms with Crippen LogP contribution in [-0.2, 0) is 11.4 Å². The van der Waals surface area contributed by atoms with Crippen LogP contribution in [0.15, 0.2) is 54.6 Å². The number of piperidine rings is 2. The molecule has 0 N–H and O–H groups in total. The van der Waals surface area contributed by atoms with Crippen LogP contribution in [0.5, 0.6) is 5.75 Å². The van der Waals surface area contributed by atoms with Crippen LogP contribution in [0.1, 0.15) is 44.0 Å². The molecule has 4 heteroatoms. The molecule has 0 aromatic heterocycles. The smallest absolute Gasteiger partial charge is 0.150 e. The van der Waals surface area contributed by atoms with Gasteiger partial charge in [-0.15, -0.1) is 0 Å². The number of hydrogen-bond acceptors (Lipinski definition) is 4. The van der Waals surface area contributed by atoms with Gasteiger partial charge in [0, 0.05) is 26.2 Å². The van der Waals surface area contributed by atoms with Crippen LogP contribution in [0, 0.1) is 10.8 Å². The molecule has 0 saturated carbocycles. The zero-order valence-corrected chi connectivity index (χ0v) is 17.4. The number of carbonyl (C=O) groups is 1. The van der Waals surface area contributed by atoms with Crippen molar-refractivity contribution in [1.82, 2.24) is 9.80 Å². The summed E-state index contributed by atoms with van der Waals surface area (Å²) in [5.41, 5.74) is 2.15. The van der Waals surface area contributed by atoms with Crippen LogP contribution in [0.4, 0.5) is 0 Å². The molecule has 4 fully saturated rings. The molecule has 4 aliphatic rings. The summed E-state index contributed by atoms with van der Waals surface area (Å²) >= 11 is 0. The van der Waals surface area contributed by atoms with E-state index in [4.69, 9.17) is 4.74 Å². The highest BCUT2D eigenvalue weighted by Gasteiger charge is 2.64. The van der Waals surface area contributed by atoms with Crippen molar-refractivity contribution in [2.24, 2.45) is 10.8 Å². The maximum atomic E-state index is 13.3. The van der Waals surface area contributed by atoms with E-state index in [0.717, 1.165) is 44.8 Å². The summed E-state index contributed by atoms with van der Waals surface area (Å²) < 4.78 is 5.96. The van der Waals surface area contributed by atoms with Crippen LogP contribution >= 0.6 is 0 Å². The van der Waals surface area contributed by atoms with Gasteiger partial charge in [0.2, 0.25) is 0 Å². The Bertz CT molecular complexity index is 851. The van der Waals surface area contributed by atoms with Crippen molar-refractivity contribution >= 4 is 5.78 Å². The summed E-state index contributed by atoms with van der Waals surface area (Å²) in [6.07, 6.45) is 2.17. The Labute approximate surface area is 173 Å². The van der Waals surface area contributed by atoms with Gasteiger partial charge in [-0.2, -0.15) is 0 Å². The van der Waals surface area contributed by atoms with Crippen molar-refractivity contribution in [3.8, 4) is 5.75 Å². The predicted octanol–water partition coefficient (Wildman–Crippen LogP) is 4.27. The SMILES string of the molecule is CCC12CN3CC(CC)(CN(C1)C3c1ccc(OCc3ccccc3)cc1)C2=O. The monoisotopic (exact) mass is 390 g/mol. The molecule has 6 rings (SSSR count). The summed E-state index contributed by atoms with van der Waals surface area (Å²) in [4.78, 5) is 18.4. The normalized spacial score (nSPS) is 35.1. The van der Waals surface area contributed by atoms with Gasteiger partial charge in [0.1, 0.15) is 18.1 Å².